The Hall–Kier alpha value is -3.42. The van der Waals surface area contributed by atoms with E-state index < -0.39 is 0 Å². The third-order valence-electron chi connectivity index (χ3n) is 5.49. The normalized spacial score (nSPS) is 16.2. The molecule has 8 nitrogen and oxygen atoms in total. The molecule has 0 saturated carbocycles. The molecule has 31 heavy (non-hydrogen) atoms. The summed E-state index contributed by atoms with van der Waals surface area (Å²) in [5.41, 5.74) is 2.66. The Labute approximate surface area is 182 Å². The second-order valence-electron chi connectivity index (χ2n) is 8.04. The number of nitrogens with zero attached hydrogens (tertiary/aromatic N) is 4. The Bertz CT molecular complexity index is 1050. The molecule has 2 aromatic heterocycles. The molecule has 4 rings (SSSR count). The van der Waals surface area contributed by atoms with Crippen molar-refractivity contribution in [2.24, 2.45) is 5.92 Å². The number of H-pyrrole nitrogens is 1. The van der Waals surface area contributed by atoms with Gasteiger partial charge in [-0.15, -0.1) is 0 Å². The van der Waals surface area contributed by atoms with Gasteiger partial charge in [-0.2, -0.15) is 5.10 Å². The summed E-state index contributed by atoms with van der Waals surface area (Å²) in [4.78, 5) is 24.0. The number of carbonyl (C=O) groups excluding carboxylic acids is 1. The Morgan fingerprint density at radius 3 is 2.71 bits per heavy atom. The van der Waals surface area contributed by atoms with Crippen LogP contribution in [0.25, 0.3) is 0 Å². The molecule has 3 heterocycles. The predicted octanol–water partition coefficient (Wildman–Crippen LogP) is 3.66. The number of anilines is 2. The van der Waals surface area contributed by atoms with E-state index in [1.54, 1.807) is 7.11 Å². The minimum Gasteiger partial charge on any atom is -0.497 e. The van der Waals surface area contributed by atoms with Gasteiger partial charge < -0.3 is 15.0 Å². The zero-order chi connectivity index (χ0) is 21.8. The van der Waals surface area contributed by atoms with Gasteiger partial charge in [0, 0.05) is 42.2 Å². The maximum absolute atomic E-state index is 13.0. The fourth-order valence-corrected chi connectivity index (χ4v) is 4.04. The largest absolute Gasteiger partial charge is 0.497 e. The highest BCUT2D eigenvalue weighted by Crippen LogP contribution is 2.24. The molecular formula is C23H28N6O2. The lowest BCUT2D eigenvalue weighted by atomic mass is 9.92. The first-order chi connectivity index (χ1) is 15.0. The summed E-state index contributed by atoms with van der Waals surface area (Å²) in [7, 11) is 1.62. The van der Waals surface area contributed by atoms with E-state index in [1.807, 2.05) is 55.1 Å². The van der Waals surface area contributed by atoms with Gasteiger partial charge in [0.2, 0.25) is 0 Å². The number of ether oxygens (including phenoxy) is 1. The first kappa shape index (κ1) is 20.8. The highest BCUT2D eigenvalue weighted by Gasteiger charge is 2.25. The minimum absolute atomic E-state index is 0.0717. The number of aromatic amines is 1. The molecule has 1 fully saturated rings. The van der Waals surface area contributed by atoms with Crippen LogP contribution in [0.5, 0.6) is 5.75 Å². The summed E-state index contributed by atoms with van der Waals surface area (Å²) in [5.74, 6) is 3.37. The summed E-state index contributed by atoms with van der Waals surface area (Å²) in [6.07, 6.45) is 2.88. The third-order valence-corrected chi connectivity index (χ3v) is 5.49. The second kappa shape index (κ2) is 9.16. The summed E-state index contributed by atoms with van der Waals surface area (Å²) >= 11 is 0. The van der Waals surface area contributed by atoms with Gasteiger partial charge in [0.25, 0.3) is 5.91 Å². The van der Waals surface area contributed by atoms with E-state index >= 15 is 0 Å². The van der Waals surface area contributed by atoms with E-state index in [2.05, 4.69) is 25.5 Å². The average Bonchev–Trinajstić information content (AvgIpc) is 3.17. The van der Waals surface area contributed by atoms with Crippen molar-refractivity contribution in [3.05, 3.63) is 59.2 Å². The summed E-state index contributed by atoms with van der Waals surface area (Å²) < 4.78 is 5.19. The van der Waals surface area contributed by atoms with Gasteiger partial charge in [-0.1, -0.05) is 0 Å². The quantitative estimate of drug-likeness (QED) is 0.632. The van der Waals surface area contributed by atoms with Crippen LogP contribution in [0.3, 0.4) is 0 Å². The molecular weight excluding hydrogens is 392 g/mol. The van der Waals surface area contributed by atoms with Gasteiger partial charge in [0.1, 0.15) is 17.4 Å². The molecule has 0 radical (unpaired) electrons. The van der Waals surface area contributed by atoms with Crippen LogP contribution in [-0.2, 0) is 6.42 Å². The molecule has 1 aromatic carbocycles. The van der Waals surface area contributed by atoms with Crippen molar-refractivity contribution in [1.82, 2.24) is 25.1 Å². The lowest BCUT2D eigenvalue weighted by Gasteiger charge is -2.33. The molecule has 1 amide bonds. The number of piperidine rings is 1. The van der Waals surface area contributed by atoms with Gasteiger partial charge in [0.15, 0.2) is 5.82 Å². The smallest absolute Gasteiger partial charge is 0.253 e. The third kappa shape index (κ3) is 5.20. The molecule has 0 aliphatic carbocycles. The van der Waals surface area contributed by atoms with E-state index in [0.29, 0.717) is 17.3 Å². The first-order valence-corrected chi connectivity index (χ1v) is 10.6. The fourth-order valence-electron chi connectivity index (χ4n) is 4.04. The average molecular weight is 421 g/mol. The number of aromatic nitrogens is 4. The molecule has 162 valence electrons. The van der Waals surface area contributed by atoms with Crippen molar-refractivity contribution >= 4 is 17.5 Å². The van der Waals surface area contributed by atoms with Crippen molar-refractivity contribution in [3.63, 3.8) is 0 Å². The van der Waals surface area contributed by atoms with E-state index in [4.69, 9.17) is 4.74 Å². The zero-order valence-electron chi connectivity index (χ0n) is 18.2. The standard InChI is InChI=1S/C23H28N6O2/c1-15-11-22(28-27-15)26-21-13-19(24-16(2)25-21)12-17-5-4-10-29(14-17)23(30)18-6-8-20(31-3)9-7-18/h6-9,11,13,17H,4-5,10,12,14H2,1-3H3,(H2,24,25,26,27,28). The summed E-state index contributed by atoms with van der Waals surface area (Å²) in [6, 6.07) is 11.2. The Morgan fingerprint density at radius 1 is 1.19 bits per heavy atom. The van der Waals surface area contributed by atoms with Crippen molar-refractivity contribution in [1.29, 1.82) is 0 Å². The number of benzene rings is 1. The highest BCUT2D eigenvalue weighted by molar-refractivity contribution is 5.94. The maximum Gasteiger partial charge on any atom is 0.253 e. The van der Waals surface area contributed by atoms with Crippen LogP contribution < -0.4 is 10.1 Å². The maximum atomic E-state index is 13.0. The summed E-state index contributed by atoms with van der Waals surface area (Å²) in [6.45, 7) is 5.37. The number of carbonyl (C=O) groups is 1. The molecule has 1 atom stereocenters. The molecule has 0 bridgehead atoms. The Kier molecular flexibility index (Phi) is 6.16. The molecule has 1 unspecified atom stereocenters. The van der Waals surface area contributed by atoms with Crippen molar-refractivity contribution in [3.8, 4) is 5.75 Å². The van der Waals surface area contributed by atoms with Gasteiger partial charge >= 0.3 is 0 Å². The van der Waals surface area contributed by atoms with Crippen LogP contribution in [-0.4, -0.2) is 51.2 Å². The number of aryl methyl sites for hydroxylation is 2. The van der Waals surface area contributed by atoms with Gasteiger partial charge in [-0.05, 0) is 63.3 Å². The van der Waals surface area contributed by atoms with Crippen molar-refractivity contribution < 1.29 is 9.53 Å². The topological polar surface area (TPSA) is 96.0 Å². The SMILES string of the molecule is COc1ccc(C(=O)N2CCCC(Cc3cc(Nc4cc(C)[nH]n4)nc(C)n3)C2)cc1. The zero-order valence-corrected chi connectivity index (χ0v) is 18.2. The number of rotatable bonds is 6. The fraction of sp³-hybridized carbons (Fsp3) is 0.391. The van der Waals surface area contributed by atoms with Crippen LogP contribution in [0, 0.1) is 19.8 Å². The molecule has 1 aliphatic heterocycles. The molecule has 1 aliphatic rings. The molecule has 2 N–H and O–H groups in total. The van der Waals surface area contributed by atoms with Crippen LogP contribution >= 0.6 is 0 Å². The van der Waals surface area contributed by atoms with E-state index in [1.165, 1.54) is 0 Å². The monoisotopic (exact) mass is 420 g/mol. The van der Waals surface area contributed by atoms with Gasteiger partial charge in [0.05, 0.1) is 7.11 Å². The van der Waals surface area contributed by atoms with Crippen molar-refractivity contribution in [2.75, 3.05) is 25.5 Å². The van der Waals surface area contributed by atoms with E-state index in [0.717, 1.165) is 61.1 Å². The number of hydrogen-bond donors (Lipinski definition) is 2. The molecule has 0 spiro atoms. The molecule has 8 heteroatoms. The minimum atomic E-state index is 0.0717. The second-order valence-corrected chi connectivity index (χ2v) is 8.04. The van der Waals surface area contributed by atoms with Crippen LogP contribution in [0.1, 0.15) is 40.4 Å². The molecule has 3 aromatic rings. The summed E-state index contributed by atoms with van der Waals surface area (Å²) in [5, 5.41) is 10.4. The van der Waals surface area contributed by atoms with Crippen LogP contribution in [0.2, 0.25) is 0 Å². The number of amides is 1. The van der Waals surface area contributed by atoms with Gasteiger partial charge in [-0.3, -0.25) is 9.89 Å². The Balaban J connectivity index is 1.42. The van der Waals surface area contributed by atoms with E-state index in [9.17, 15) is 4.79 Å². The highest BCUT2D eigenvalue weighted by atomic mass is 16.5. The first-order valence-electron chi connectivity index (χ1n) is 10.6. The van der Waals surface area contributed by atoms with Gasteiger partial charge in [-0.25, -0.2) is 9.97 Å². The molecule has 1 saturated heterocycles. The number of hydrogen-bond acceptors (Lipinski definition) is 6. The lowest BCUT2D eigenvalue weighted by molar-refractivity contribution is 0.0672. The number of nitrogens with one attached hydrogen (secondary N) is 2. The number of methoxy groups -OCH3 is 1. The van der Waals surface area contributed by atoms with Crippen molar-refractivity contribution in [2.45, 2.75) is 33.1 Å². The van der Waals surface area contributed by atoms with E-state index in [-0.39, 0.29) is 5.91 Å². The number of likely N-dealkylation sites (tertiary alicyclic amines) is 1. The van der Waals surface area contributed by atoms with Crippen LogP contribution in [0.4, 0.5) is 11.6 Å². The Morgan fingerprint density at radius 2 is 2.00 bits per heavy atom. The lowest BCUT2D eigenvalue weighted by Crippen LogP contribution is -2.40. The predicted molar refractivity (Wildman–Crippen MR) is 119 cm³/mol. The van der Waals surface area contributed by atoms with Crippen LogP contribution in [0.15, 0.2) is 36.4 Å².